The van der Waals surface area contributed by atoms with Crippen LogP contribution in [-0.2, 0) is 10.0 Å². The minimum atomic E-state index is -3.49. The van der Waals surface area contributed by atoms with Gasteiger partial charge in [-0.15, -0.1) is 0 Å². The van der Waals surface area contributed by atoms with E-state index >= 15 is 0 Å². The van der Waals surface area contributed by atoms with Crippen molar-refractivity contribution >= 4 is 37.6 Å². The van der Waals surface area contributed by atoms with Gasteiger partial charge in [0.15, 0.2) is 0 Å². The molecule has 1 aromatic carbocycles. The quantitative estimate of drug-likeness (QED) is 0.776. The maximum Gasteiger partial charge on any atom is 0.244 e. The van der Waals surface area contributed by atoms with Crippen molar-refractivity contribution in [3.8, 4) is 0 Å². The van der Waals surface area contributed by atoms with E-state index in [0.29, 0.717) is 13.1 Å². The molecule has 0 saturated heterocycles. The molecule has 0 bridgehead atoms. The molecule has 0 fully saturated rings. The van der Waals surface area contributed by atoms with Gasteiger partial charge in [-0.1, -0.05) is 41.4 Å². The van der Waals surface area contributed by atoms with Crippen molar-refractivity contribution in [1.82, 2.24) is 4.31 Å². The third-order valence-electron chi connectivity index (χ3n) is 2.46. The molecular formula is C12H17BrClNO2S. The Bertz CT molecular complexity index is 499. The van der Waals surface area contributed by atoms with E-state index in [1.165, 1.54) is 4.31 Å². The van der Waals surface area contributed by atoms with Crippen molar-refractivity contribution in [2.45, 2.75) is 31.6 Å². The number of hydrogen-bond acceptors (Lipinski definition) is 2. The van der Waals surface area contributed by atoms with E-state index in [9.17, 15) is 8.42 Å². The van der Waals surface area contributed by atoms with Crippen molar-refractivity contribution < 1.29 is 8.42 Å². The van der Waals surface area contributed by atoms with E-state index in [0.717, 1.165) is 17.3 Å². The normalized spacial score (nSPS) is 12.1. The number of benzene rings is 1. The van der Waals surface area contributed by atoms with Crippen LogP contribution in [0.1, 0.15) is 26.7 Å². The summed E-state index contributed by atoms with van der Waals surface area (Å²) >= 11 is 9.29. The Kier molecular flexibility index (Phi) is 6.11. The fourth-order valence-corrected chi connectivity index (χ4v) is 4.31. The Balaban J connectivity index is 3.17. The van der Waals surface area contributed by atoms with Gasteiger partial charge in [-0.05, 0) is 31.0 Å². The van der Waals surface area contributed by atoms with Gasteiger partial charge in [0.05, 0.1) is 5.02 Å². The minimum Gasteiger partial charge on any atom is -0.207 e. The molecule has 0 spiro atoms. The summed E-state index contributed by atoms with van der Waals surface area (Å²) < 4.78 is 27.2. The van der Waals surface area contributed by atoms with Crippen LogP contribution in [0, 0.1) is 0 Å². The molecule has 3 nitrogen and oxygen atoms in total. The van der Waals surface area contributed by atoms with E-state index in [1.54, 1.807) is 18.2 Å². The van der Waals surface area contributed by atoms with Gasteiger partial charge in [-0.3, -0.25) is 0 Å². The zero-order valence-corrected chi connectivity index (χ0v) is 13.6. The average molecular weight is 355 g/mol. The van der Waals surface area contributed by atoms with Gasteiger partial charge in [0.1, 0.15) is 4.90 Å². The third kappa shape index (κ3) is 3.70. The molecule has 0 aliphatic heterocycles. The molecule has 0 atom stereocenters. The van der Waals surface area contributed by atoms with Gasteiger partial charge >= 0.3 is 0 Å². The number of hydrogen-bond donors (Lipinski definition) is 0. The minimum absolute atomic E-state index is 0.175. The van der Waals surface area contributed by atoms with Gasteiger partial charge in [0, 0.05) is 17.6 Å². The van der Waals surface area contributed by atoms with Crippen molar-refractivity contribution in [1.29, 1.82) is 0 Å². The summed E-state index contributed by atoms with van der Waals surface area (Å²) in [6.07, 6.45) is 1.57. The van der Waals surface area contributed by atoms with Crippen LogP contribution in [0.15, 0.2) is 27.6 Å². The zero-order chi connectivity index (χ0) is 13.8. The standard InChI is InChI=1S/C12H17BrClNO2S/c1-3-7-15(8-4-2)18(16,17)12-6-5-10(13)9-11(12)14/h5-6,9H,3-4,7-8H2,1-2H3. The molecule has 0 radical (unpaired) electrons. The number of halogens is 2. The van der Waals surface area contributed by atoms with Crippen molar-refractivity contribution in [2.75, 3.05) is 13.1 Å². The largest absolute Gasteiger partial charge is 0.244 e. The maximum atomic E-state index is 12.5. The summed E-state index contributed by atoms with van der Waals surface area (Å²) in [4.78, 5) is 0.175. The summed E-state index contributed by atoms with van der Waals surface area (Å²) in [5.41, 5.74) is 0. The van der Waals surface area contributed by atoms with Crippen LogP contribution in [0.2, 0.25) is 5.02 Å². The molecule has 18 heavy (non-hydrogen) atoms. The van der Waals surface area contributed by atoms with Crippen molar-refractivity contribution in [3.63, 3.8) is 0 Å². The zero-order valence-electron chi connectivity index (χ0n) is 10.5. The lowest BCUT2D eigenvalue weighted by atomic mass is 10.4. The molecule has 1 rings (SSSR count). The van der Waals surface area contributed by atoms with Crippen LogP contribution in [0.25, 0.3) is 0 Å². The lowest BCUT2D eigenvalue weighted by Crippen LogP contribution is -2.32. The SMILES string of the molecule is CCCN(CCC)S(=O)(=O)c1ccc(Br)cc1Cl. The van der Waals surface area contributed by atoms with Crippen molar-refractivity contribution in [2.24, 2.45) is 0 Å². The van der Waals surface area contributed by atoms with E-state index in [1.807, 2.05) is 13.8 Å². The highest BCUT2D eigenvalue weighted by Gasteiger charge is 2.25. The third-order valence-corrected chi connectivity index (χ3v) is 5.33. The van der Waals surface area contributed by atoms with Crippen LogP contribution in [0.3, 0.4) is 0 Å². The van der Waals surface area contributed by atoms with Gasteiger partial charge in [-0.2, -0.15) is 4.31 Å². The fraction of sp³-hybridized carbons (Fsp3) is 0.500. The second-order valence-electron chi connectivity index (χ2n) is 3.98. The molecule has 0 amide bonds. The van der Waals surface area contributed by atoms with E-state index in [4.69, 9.17) is 11.6 Å². The van der Waals surface area contributed by atoms with Gasteiger partial charge in [0.25, 0.3) is 0 Å². The number of sulfonamides is 1. The molecule has 0 aromatic heterocycles. The molecular weight excluding hydrogens is 338 g/mol. The first-order chi connectivity index (χ1) is 8.43. The first kappa shape index (κ1) is 16.0. The number of rotatable bonds is 6. The highest BCUT2D eigenvalue weighted by molar-refractivity contribution is 9.10. The van der Waals surface area contributed by atoms with Gasteiger partial charge < -0.3 is 0 Å². The Labute approximate surface area is 122 Å². The summed E-state index contributed by atoms with van der Waals surface area (Å²) in [5.74, 6) is 0. The first-order valence-corrected chi connectivity index (χ1v) is 8.49. The van der Waals surface area contributed by atoms with E-state index in [-0.39, 0.29) is 9.92 Å². The van der Waals surface area contributed by atoms with Gasteiger partial charge in [-0.25, -0.2) is 8.42 Å². The fourth-order valence-electron chi connectivity index (χ4n) is 1.67. The highest BCUT2D eigenvalue weighted by atomic mass is 79.9. The number of nitrogens with zero attached hydrogens (tertiary/aromatic N) is 1. The Morgan fingerprint density at radius 2 is 1.78 bits per heavy atom. The Hall–Kier alpha value is -0.100. The summed E-state index contributed by atoms with van der Waals surface area (Å²) in [7, 11) is -3.49. The van der Waals surface area contributed by atoms with Crippen LogP contribution in [0.5, 0.6) is 0 Å². The second kappa shape index (κ2) is 6.89. The predicted octanol–water partition coefficient (Wildman–Crippen LogP) is 3.91. The summed E-state index contributed by atoms with van der Waals surface area (Å²) in [6, 6.07) is 4.83. The molecule has 102 valence electrons. The van der Waals surface area contributed by atoms with E-state index in [2.05, 4.69) is 15.9 Å². The highest BCUT2D eigenvalue weighted by Crippen LogP contribution is 2.27. The molecule has 0 unspecified atom stereocenters. The van der Waals surface area contributed by atoms with Crippen LogP contribution < -0.4 is 0 Å². The molecule has 6 heteroatoms. The monoisotopic (exact) mass is 353 g/mol. The summed E-state index contributed by atoms with van der Waals surface area (Å²) in [5, 5.41) is 0.251. The molecule has 1 aromatic rings. The van der Waals surface area contributed by atoms with E-state index < -0.39 is 10.0 Å². The molecule has 0 aliphatic rings. The first-order valence-electron chi connectivity index (χ1n) is 5.88. The predicted molar refractivity (Wildman–Crippen MR) is 78.5 cm³/mol. The van der Waals surface area contributed by atoms with Crippen LogP contribution in [-0.4, -0.2) is 25.8 Å². The Morgan fingerprint density at radius 3 is 2.22 bits per heavy atom. The molecule has 0 heterocycles. The topological polar surface area (TPSA) is 37.4 Å². The van der Waals surface area contributed by atoms with Crippen LogP contribution in [0.4, 0.5) is 0 Å². The maximum absolute atomic E-state index is 12.5. The Morgan fingerprint density at radius 1 is 1.22 bits per heavy atom. The second-order valence-corrected chi connectivity index (χ2v) is 7.21. The van der Waals surface area contributed by atoms with Gasteiger partial charge in [0.2, 0.25) is 10.0 Å². The van der Waals surface area contributed by atoms with Crippen molar-refractivity contribution in [3.05, 3.63) is 27.7 Å². The molecule has 0 aliphatic carbocycles. The summed E-state index contributed by atoms with van der Waals surface area (Å²) in [6.45, 7) is 4.95. The average Bonchev–Trinajstić information content (AvgIpc) is 2.28. The van der Waals surface area contributed by atoms with Crippen LogP contribution >= 0.6 is 27.5 Å². The molecule has 0 saturated carbocycles. The smallest absolute Gasteiger partial charge is 0.207 e. The lowest BCUT2D eigenvalue weighted by Gasteiger charge is -2.21. The lowest BCUT2D eigenvalue weighted by molar-refractivity contribution is 0.410. The molecule has 0 N–H and O–H groups in total.